The Bertz CT molecular complexity index is 1310. The summed E-state index contributed by atoms with van der Waals surface area (Å²) in [4.78, 5) is 37.1. The van der Waals surface area contributed by atoms with E-state index in [2.05, 4.69) is 86.8 Å². The number of esters is 2. The zero-order valence-electron chi connectivity index (χ0n) is 43.3. The summed E-state index contributed by atoms with van der Waals surface area (Å²) in [7, 11) is 5.41. The highest BCUT2D eigenvalue weighted by Crippen LogP contribution is 2.15. The van der Waals surface area contributed by atoms with Crippen LogP contribution in [0.3, 0.4) is 0 Å². The Labute approximate surface area is 406 Å². The van der Waals surface area contributed by atoms with E-state index in [-0.39, 0.29) is 42.7 Å². The van der Waals surface area contributed by atoms with E-state index in [1.54, 1.807) is 21.1 Å². The van der Waals surface area contributed by atoms with Crippen molar-refractivity contribution in [2.45, 2.75) is 238 Å². The van der Waals surface area contributed by atoms with Crippen LogP contribution in [0.2, 0.25) is 0 Å². The Morgan fingerprint density at radius 1 is 0.470 bits per heavy atom. The monoisotopic (exact) mass is 924 g/mol. The van der Waals surface area contributed by atoms with Crippen LogP contribution in [0.1, 0.15) is 226 Å². The first-order chi connectivity index (χ1) is 32.1. The second-order valence-corrected chi connectivity index (χ2v) is 19.1. The molecule has 0 heterocycles. The Kier molecular flexibility index (Phi) is 45.9. The summed E-state index contributed by atoms with van der Waals surface area (Å²) in [5, 5.41) is 11.7. The van der Waals surface area contributed by atoms with Gasteiger partial charge < -0.3 is 28.6 Å². The first-order valence-electron chi connectivity index (χ1n) is 27.0. The van der Waals surface area contributed by atoms with Gasteiger partial charge in [-0.1, -0.05) is 196 Å². The zero-order chi connectivity index (χ0) is 48.4. The Morgan fingerprint density at radius 3 is 1.27 bits per heavy atom. The maximum absolute atomic E-state index is 12.8. The number of hydrogen-bond donors (Lipinski definition) is 0. The molecule has 380 valence electrons. The van der Waals surface area contributed by atoms with E-state index in [1.165, 1.54) is 109 Å². The number of carbonyl (C=O) groups is 3. The fourth-order valence-electron chi connectivity index (χ4n) is 7.68. The van der Waals surface area contributed by atoms with Crippen LogP contribution in [0, 0.1) is 0 Å². The van der Waals surface area contributed by atoms with Crippen molar-refractivity contribution in [1.82, 2.24) is 0 Å². The van der Waals surface area contributed by atoms with Crippen molar-refractivity contribution in [3.63, 3.8) is 0 Å². The molecule has 0 fully saturated rings. The largest absolute Gasteiger partial charge is 0.544 e. The van der Waals surface area contributed by atoms with E-state index >= 15 is 0 Å². The van der Waals surface area contributed by atoms with Crippen molar-refractivity contribution in [3.8, 4) is 0 Å². The molecule has 0 saturated heterocycles. The molecular weight excluding hydrogens is 823 g/mol. The fraction of sp³-hybridized carbons (Fsp3) is 0.741. The lowest BCUT2D eigenvalue weighted by Gasteiger charge is -2.34. The molecule has 0 aliphatic carbocycles. The fourth-order valence-corrected chi connectivity index (χ4v) is 7.68. The molecule has 0 aromatic rings. The molecule has 2 unspecified atom stereocenters. The molecule has 0 radical (unpaired) electrons. The second kappa shape index (κ2) is 48.2. The van der Waals surface area contributed by atoms with Gasteiger partial charge in [0.1, 0.15) is 12.6 Å². The number of quaternary nitrogens is 1. The number of aliphatic carboxylic acids is 1. The standard InChI is InChI=1S/C58H101NO7/c1-6-8-10-12-14-16-18-20-22-24-26-27-28-29-31-33-35-37-39-41-43-45-47-49-57(61)66-54(52-64-51-50-55(58(62)63)59(3,4)5)53-65-56(60)48-46-44-42-40-38-36-34-32-30-25-23-21-19-17-15-13-11-9-7-2/h8,10,14,16,20,22,25-27,29-31,54-55H,6-7,9,11-13,15,17-19,21,23-24,28,32-53H2,1-5H3/b10-8+,16-14+,22-20+,27-26+,30-25+,31-29+. The molecule has 66 heavy (non-hydrogen) atoms. The summed E-state index contributed by atoms with van der Waals surface area (Å²) < 4.78 is 17.3. The van der Waals surface area contributed by atoms with E-state index in [0.29, 0.717) is 12.8 Å². The number of carbonyl (C=O) groups excluding carboxylic acids is 3. The highest BCUT2D eigenvalue weighted by atomic mass is 16.6. The minimum absolute atomic E-state index is 0.0323. The third kappa shape index (κ3) is 45.9. The highest BCUT2D eigenvalue weighted by molar-refractivity contribution is 5.70. The van der Waals surface area contributed by atoms with Gasteiger partial charge in [0.25, 0.3) is 0 Å². The highest BCUT2D eigenvalue weighted by Gasteiger charge is 2.25. The van der Waals surface area contributed by atoms with Gasteiger partial charge >= 0.3 is 11.9 Å². The van der Waals surface area contributed by atoms with E-state index < -0.39 is 18.1 Å². The molecule has 2 atom stereocenters. The molecule has 0 aromatic heterocycles. The van der Waals surface area contributed by atoms with Crippen molar-refractivity contribution >= 4 is 17.9 Å². The van der Waals surface area contributed by atoms with Crippen LogP contribution in [-0.2, 0) is 28.6 Å². The average molecular weight is 924 g/mol. The van der Waals surface area contributed by atoms with E-state index in [9.17, 15) is 19.5 Å². The Hall–Kier alpha value is -3.23. The van der Waals surface area contributed by atoms with E-state index in [0.717, 1.165) is 83.5 Å². The van der Waals surface area contributed by atoms with Crippen molar-refractivity contribution in [2.24, 2.45) is 0 Å². The van der Waals surface area contributed by atoms with Gasteiger partial charge in [-0.25, -0.2) is 0 Å². The summed E-state index contributed by atoms with van der Waals surface area (Å²) in [6, 6.07) is -0.732. The molecule has 0 N–H and O–H groups in total. The molecule has 8 heteroatoms. The molecule has 0 aliphatic heterocycles. The molecular formula is C58H101NO7. The van der Waals surface area contributed by atoms with Crippen molar-refractivity contribution < 1.29 is 38.2 Å². The quantitative estimate of drug-likeness (QED) is 0.0259. The molecule has 0 bridgehead atoms. The third-order valence-electron chi connectivity index (χ3n) is 11.8. The smallest absolute Gasteiger partial charge is 0.306 e. The number of carboxylic acid groups (broad SMARTS) is 1. The SMILES string of the molecule is CC/C=C/C/C=C/C/C=C/C/C=C/C/C=C/CCCCCCCCCC(=O)OC(COCCC(C(=O)[O-])[N+](C)(C)C)COC(=O)CCCCCCCCC/C=C/CCCCCCCCCC. The number of rotatable bonds is 48. The van der Waals surface area contributed by atoms with Gasteiger partial charge in [-0.2, -0.15) is 0 Å². The van der Waals surface area contributed by atoms with Crippen LogP contribution in [-0.4, -0.2) is 75.5 Å². The van der Waals surface area contributed by atoms with Crippen LogP contribution in [0.4, 0.5) is 0 Å². The van der Waals surface area contributed by atoms with Crippen LogP contribution < -0.4 is 5.11 Å². The number of carboxylic acids is 1. The van der Waals surface area contributed by atoms with Gasteiger partial charge in [0.05, 0.1) is 40.3 Å². The predicted molar refractivity (Wildman–Crippen MR) is 277 cm³/mol. The summed E-state index contributed by atoms with van der Waals surface area (Å²) in [5.74, 6) is -1.75. The molecule has 0 spiro atoms. The van der Waals surface area contributed by atoms with E-state index in [4.69, 9.17) is 14.2 Å². The molecule has 0 aromatic carbocycles. The number of unbranched alkanes of at least 4 members (excludes halogenated alkanes) is 22. The average Bonchev–Trinajstić information content (AvgIpc) is 3.28. The molecule has 0 rings (SSSR count). The van der Waals surface area contributed by atoms with Crippen LogP contribution >= 0.6 is 0 Å². The minimum Gasteiger partial charge on any atom is -0.544 e. The van der Waals surface area contributed by atoms with E-state index in [1.807, 2.05) is 0 Å². The molecule has 0 aliphatic rings. The Morgan fingerprint density at radius 2 is 0.848 bits per heavy atom. The number of nitrogens with zero attached hydrogens (tertiary/aromatic N) is 1. The van der Waals surface area contributed by atoms with Gasteiger partial charge in [0.15, 0.2) is 6.10 Å². The number of likely N-dealkylation sites (N-methyl/N-ethyl adjacent to an activating group) is 1. The lowest BCUT2D eigenvalue weighted by atomic mass is 10.1. The van der Waals surface area contributed by atoms with Crippen molar-refractivity contribution in [2.75, 3.05) is 41.0 Å². The van der Waals surface area contributed by atoms with Crippen LogP contribution in [0.5, 0.6) is 0 Å². The summed E-state index contributed by atoms with van der Waals surface area (Å²) in [5.41, 5.74) is 0. The van der Waals surface area contributed by atoms with Crippen molar-refractivity contribution in [1.29, 1.82) is 0 Å². The molecule has 8 nitrogen and oxygen atoms in total. The second-order valence-electron chi connectivity index (χ2n) is 19.1. The normalized spacial score (nSPS) is 13.4. The van der Waals surface area contributed by atoms with Crippen LogP contribution in [0.25, 0.3) is 0 Å². The van der Waals surface area contributed by atoms with Gasteiger partial charge in [0.2, 0.25) is 0 Å². The first kappa shape index (κ1) is 62.8. The van der Waals surface area contributed by atoms with Gasteiger partial charge in [-0.05, 0) is 83.5 Å². The number of allylic oxidation sites excluding steroid dienone is 12. The van der Waals surface area contributed by atoms with Gasteiger partial charge in [-0.15, -0.1) is 0 Å². The number of hydrogen-bond acceptors (Lipinski definition) is 7. The van der Waals surface area contributed by atoms with Crippen molar-refractivity contribution in [3.05, 3.63) is 72.9 Å². The lowest BCUT2D eigenvalue weighted by molar-refractivity contribution is -0.889. The first-order valence-corrected chi connectivity index (χ1v) is 27.0. The maximum atomic E-state index is 12.8. The lowest BCUT2D eigenvalue weighted by Crippen LogP contribution is -2.55. The summed E-state index contributed by atoms with van der Waals surface area (Å²) in [6.07, 6.45) is 62.2. The predicted octanol–water partition coefficient (Wildman–Crippen LogP) is 14.5. The molecule has 0 amide bonds. The zero-order valence-corrected chi connectivity index (χ0v) is 43.3. The molecule has 0 saturated carbocycles. The summed E-state index contributed by atoms with van der Waals surface area (Å²) in [6.45, 7) is 4.55. The number of ether oxygens (including phenoxy) is 3. The topological polar surface area (TPSA) is 102 Å². The Balaban J connectivity index is 4.26. The van der Waals surface area contributed by atoms with Gasteiger partial charge in [-0.3, -0.25) is 9.59 Å². The maximum Gasteiger partial charge on any atom is 0.306 e. The minimum atomic E-state index is -1.13. The third-order valence-corrected chi connectivity index (χ3v) is 11.8. The van der Waals surface area contributed by atoms with Crippen LogP contribution in [0.15, 0.2) is 72.9 Å². The summed E-state index contributed by atoms with van der Waals surface area (Å²) >= 11 is 0. The van der Waals surface area contributed by atoms with Gasteiger partial charge in [0, 0.05) is 19.3 Å².